The summed E-state index contributed by atoms with van der Waals surface area (Å²) in [6.07, 6.45) is -1.78. The summed E-state index contributed by atoms with van der Waals surface area (Å²) in [7, 11) is 0. The Hall–Kier alpha value is -5.30. The summed E-state index contributed by atoms with van der Waals surface area (Å²) in [5.74, 6) is -10.2. The molecule has 0 saturated heterocycles. The second-order valence-corrected chi connectivity index (χ2v) is 11.3. The maximum absolute atomic E-state index is 13.0. The molecule has 0 fully saturated rings. The maximum Gasteiger partial charge on any atom is 0.326 e. The van der Waals surface area contributed by atoms with Crippen LogP contribution in [0, 0.1) is 5.92 Å². The lowest BCUT2D eigenvalue weighted by molar-refractivity contribution is -0.147. The fourth-order valence-electron chi connectivity index (χ4n) is 3.90. The van der Waals surface area contributed by atoms with E-state index in [2.05, 4.69) is 31.9 Å². The molecule has 0 bridgehead atoms. The van der Waals surface area contributed by atoms with Crippen LogP contribution in [0.5, 0.6) is 0 Å². The molecule has 0 aliphatic carbocycles. The molecule has 0 aromatic carbocycles. The van der Waals surface area contributed by atoms with Crippen molar-refractivity contribution in [3.63, 3.8) is 0 Å². The lowest BCUT2D eigenvalue weighted by Crippen LogP contribution is -2.58. The molecule has 270 valence electrons. The number of carboxylic acids is 3. The summed E-state index contributed by atoms with van der Waals surface area (Å²) in [6, 6.07) is -8.07. The molecule has 0 radical (unpaired) electrons. The molecule has 48 heavy (non-hydrogen) atoms. The van der Waals surface area contributed by atoms with Crippen molar-refractivity contribution in [3.8, 4) is 0 Å². The van der Waals surface area contributed by atoms with E-state index in [9.17, 15) is 47.9 Å². The van der Waals surface area contributed by atoms with Gasteiger partial charge in [-0.15, -0.1) is 0 Å². The summed E-state index contributed by atoms with van der Waals surface area (Å²) in [6.45, 7) is 7.88. The lowest BCUT2D eigenvalue weighted by Gasteiger charge is -2.25. The average molecular weight is 688 g/mol. The third kappa shape index (κ3) is 17.4. The van der Waals surface area contributed by atoms with Crippen molar-refractivity contribution in [2.45, 2.75) is 103 Å². The third-order valence-electron chi connectivity index (χ3n) is 6.37. The van der Waals surface area contributed by atoms with Gasteiger partial charge in [0.05, 0.1) is 13.0 Å². The minimum atomic E-state index is -1.76. The Morgan fingerprint density at radius 1 is 0.542 bits per heavy atom. The largest absolute Gasteiger partial charge is 0.481 e. The van der Waals surface area contributed by atoms with Crippen LogP contribution >= 0.6 is 0 Å². The van der Waals surface area contributed by atoms with E-state index in [0.29, 0.717) is 0 Å². The molecule has 0 heterocycles. The van der Waals surface area contributed by atoms with Crippen molar-refractivity contribution in [3.05, 3.63) is 0 Å². The van der Waals surface area contributed by atoms with Gasteiger partial charge in [-0.1, -0.05) is 13.8 Å². The standard InChI is InChI=1S/C28H45N7O13/c1-12(2)9-18(27(46)32-15(5)25(44)35-19(28(47)48)10-22(40)41)34-24(43)14(4)31-26(45)17(7-8-21(38)39)33-20(37)11-29-23(42)13(3)30-16(6)36/h12-15,17-19H,7-11H2,1-6H3,(H,29,42)(H,30,36)(H,31,45)(H,32,46)(H,33,37)(H,34,43)(H,35,44)(H,38,39)(H,40,41)(H,47,48)/t13-,14-,15-,17-,18-,19-/m0/s1. The number of hydrogen-bond acceptors (Lipinski definition) is 10. The minimum Gasteiger partial charge on any atom is -0.481 e. The first kappa shape index (κ1) is 42.7. The van der Waals surface area contributed by atoms with E-state index in [4.69, 9.17) is 15.3 Å². The first-order valence-electron chi connectivity index (χ1n) is 14.9. The van der Waals surface area contributed by atoms with Crippen molar-refractivity contribution in [1.82, 2.24) is 37.2 Å². The molecule has 0 saturated carbocycles. The average Bonchev–Trinajstić information content (AvgIpc) is 2.95. The van der Waals surface area contributed by atoms with E-state index >= 15 is 0 Å². The van der Waals surface area contributed by atoms with Gasteiger partial charge in [-0.25, -0.2) is 4.79 Å². The molecule has 0 aliphatic rings. The summed E-state index contributed by atoms with van der Waals surface area (Å²) < 4.78 is 0. The van der Waals surface area contributed by atoms with Gasteiger partial charge < -0.3 is 52.5 Å². The molecule has 0 rings (SSSR count). The lowest BCUT2D eigenvalue weighted by atomic mass is 10.0. The molecule has 0 unspecified atom stereocenters. The van der Waals surface area contributed by atoms with Gasteiger partial charge >= 0.3 is 17.9 Å². The predicted octanol–water partition coefficient (Wildman–Crippen LogP) is -3.44. The molecule has 10 N–H and O–H groups in total. The minimum absolute atomic E-state index is 0.0624. The SMILES string of the molecule is CC(=O)N[C@@H](C)C(=O)NCC(=O)N[C@@H](CCC(=O)O)C(=O)N[C@@H](C)C(=O)N[C@@H](CC(C)C)C(=O)N[C@@H](C)C(=O)N[C@@H](CC(=O)O)C(=O)O. The highest BCUT2D eigenvalue weighted by Gasteiger charge is 2.31. The highest BCUT2D eigenvalue weighted by atomic mass is 16.4. The number of nitrogens with one attached hydrogen (secondary N) is 7. The van der Waals surface area contributed by atoms with E-state index in [1.807, 2.05) is 5.32 Å². The smallest absolute Gasteiger partial charge is 0.326 e. The Morgan fingerprint density at radius 3 is 1.46 bits per heavy atom. The molecular formula is C28H45N7O13. The first-order valence-corrected chi connectivity index (χ1v) is 14.9. The van der Waals surface area contributed by atoms with E-state index < -0.39 is 115 Å². The van der Waals surface area contributed by atoms with Crippen molar-refractivity contribution in [1.29, 1.82) is 0 Å². The van der Waals surface area contributed by atoms with Crippen LogP contribution < -0.4 is 37.2 Å². The van der Waals surface area contributed by atoms with Crippen LogP contribution in [-0.2, 0) is 47.9 Å². The van der Waals surface area contributed by atoms with Gasteiger partial charge in [0.1, 0.15) is 36.3 Å². The molecule has 20 nitrogen and oxygen atoms in total. The Balaban J connectivity index is 5.48. The van der Waals surface area contributed by atoms with Gasteiger partial charge in [0.15, 0.2) is 0 Å². The Bertz CT molecular complexity index is 1240. The number of hydrogen-bond donors (Lipinski definition) is 10. The van der Waals surface area contributed by atoms with Crippen LogP contribution in [0.2, 0.25) is 0 Å². The van der Waals surface area contributed by atoms with E-state index in [-0.39, 0.29) is 18.8 Å². The zero-order valence-electron chi connectivity index (χ0n) is 27.5. The molecule has 20 heteroatoms. The highest BCUT2D eigenvalue weighted by Crippen LogP contribution is 2.07. The summed E-state index contributed by atoms with van der Waals surface area (Å²) in [5.41, 5.74) is 0. The van der Waals surface area contributed by atoms with Crippen molar-refractivity contribution >= 4 is 59.3 Å². The Kier molecular flexibility index (Phi) is 18.5. The van der Waals surface area contributed by atoms with Gasteiger partial charge in [0, 0.05) is 13.3 Å². The quantitative estimate of drug-likeness (QED) is 0.0562. The van der Waals surface area contributed by atoms with Crippen LogP contribution in [-0.4, -0.2) is 117 Å². The number of rotatable bonds is 21. The number of amides is 7. The van der Waals surface area contributed by atoms with Crippen LogP contribution in [0.4, 0.5) is 0 Å². The summed E-state index contributed by atoms with van der Waals surface area (Å²) >= 11 is 0. The second-order valence-electron chi connectivity index (χ2n) is 11.3. The molecule has 0 aromatic rings. The predicted molar refractivity (Wildman–Crippen MR) is 164 cm³/mol. The fourth-order valence-corrected chi connectivity index (χ4v) is 3.90. The van der Waals surface area contributed by atoms with E-state index in [1.54, 1.807) is 13.8 Å². The van der Waals surface area contributed by atoms with Crippen molar-refractivity contribution in [2.24, 2.45) is 5.92 Å². The van der Waals surface area contributed by atoms with Crippen LogP contribution in [0.15, 0.2) is 0 Å². The van der Waals surface area contributed by atoms with E-state index in [0.717, 1.165) is 0 Å². The van der Waals surface area contributed by atoms with Crippen LogP contribution in [0.1, 0.15) is 67.2 Å². The number of carbonyl (C=O) groups is 10. The summed E-state index contributed by atoms with van der Waals surface area (Å²) in [5, 5.41) is 43.0. The van der Waals surface area contributed by atoms with Crippen molar-refractivity contribution in [2.75, 3.05) is 6.54 Å². The number of aliphatic carboxylic acids is 3. The molecule has 0 spiro atoms. The highest BCUT2D eigenvalue weighted by molar-refractivity contribution is 5.96. The summed E-state index contributed by atoms with van der Waals surface area (Å²) in [4.78, 5) is 120. The first-order chi connectivity index (χ1) is 22.1. The fraction of sp³-hybridized carbons (Fsp3) is 0.643. The van der Waals surface area contributed by atoms with Gasteiger partial charge in [0.25, 0.3) is 0 Å². The number of carbonyl (C=O) groups excluding carboxylic acids is 7. The van der Waals surface area contributed by atoms with Gasteiger partial charge in [0.2, 0.25) is 41.4 Å². The molecule has 6 atom stereocenters. The molecule has 7 amide bonds. The molecule has 0 aromatic heterocycles. The van der Waals surface area contributed by atoms with Gasteiger partial charge in [-0.3, -0.25) is 43.2 Å². The number of carboxylic acid groups (broad SMARTS) is 3. The van der Waals surface area contributed by atoms with E-state index in [1.165, 1.54) is 27.7 Å². The molecule has 0 aliphatic heterocycles. The zero-order chi connectivity index (χ0) is 37.3. The van der Waals surface area contributed by atoms with Gasteiger partial charge in [-0.2, -0.15) is 0 Å². The monoisotopic (exact) mass is 687 g/mol. The molecular weight excluding hydrogens is 642 g/mol. The normalized spacial score (nSPS) is 14.4. The third-order valence-corrected chi connectivity index (χ3v) is 6.37. The Morgan fingerprint density at radius 2 is 1.02 bits per heavy atom. The van der Waals surface area contributed by atoms with Crippen molar-refractivity contribution < 1.29 is 63.3 Å². The van der Waals surface area contributed by atoms with Crippen LogP contribution in [0.25, 0.3) is 0 Å². The second kappa shape index (κ2) is 20.7. The zero-order valence-corrected chi connectivity index (χ0v) is 27.5. The van der Waals surface area contributed by atoms with Gasteiger partial charge in [-0.05, 0) is 39.5 Å². The maximum atomic E-state index is 13.0. The Labute approximate surface area is 275 Å². The van der Waals surface area contributed by atoms with Crippen LogP contribution in [0.3, 0.4) is 0 Å². The topological polar surface area (TPSA) is 316 Å².